The molecule has 0 spiro atoms. The number of allylic oxidation sites excluding steroid dienone is 4. The van der Waals surface area contributed by atoms with Gasteiger partial charge in [0.05, 0.1) is 0 Å². The SMILES string of the molecule is CCC(C)(C)c1ccc(-c2nnc(-c3ccc(-c4ccccc4)cc3)n2C2=CC=CC3CC23)cc1. The van der Waals surface area contributed by atoms with E-state index < -0.39 is 0 Å². The number of aromatic nitrogens is 3. The van der Waals surface area contributed by atoms with Crippen molar-refractivity contribution in [3.63, 3.8) is 0 Å². The topological polar surface area (TPSA) is 30.7 Å². The zero-order valence-corrected chi connectivity index (χ0v) is 20.6. The van der Waals surface area contributed by atoms with E-state index in [0.29, 0.717) is 11.8 Å². The molecule has 3 nitrogen and oxygen atoms in total. The fourth-order valence-electron chi connectivity index (χ4n) is 5.05. The lowest BCUT2D eigenvalue weighted by Crippen LogP contribution is -2.15. The van der Waals surface area contributed by atoms with E-state index in [9.17, 15) is 0 Å². The molecule has 1 fully saturated rings. The van der Waals surface area contributed by atoms with Crippen LogP contribution in [0.3, 0.4) is 0 Å². The lowest BCUT2D eigenvalue weighted by Gasteiger charge is -2.23. The average Bonchev–Trinajstić information content (AvgIpc) is 3.59. The Morgan fingerprint density at radius 2 is 1.34 bits per heavy atom. The Bertz CT molecular complexity index is 1400. The molecule has 174 valence electrons. The molecule has 0 N–H and O–H groups in total. The average molecular weight is 458 g/mol. The van der Waals surface area contributed by atoms with E-state index in [4.69, 9.17) is 10.2 Å². The first kappa shape index (κ1) is 21.8. The highest BCUT2D eigenvalue weighted by Crippen LogP contribution is 2.51. The third-order valence-corrected chi connectivity index (χ3v) is 7.82. The molecule has 35 heavy (non-hydrogen) atoms. The van der Waals surface area contributed by atoms with Gasteiger partial charge in [-0.05, 0) is 46.9 Å². The zero-order valence-electron chi connectivity index (χ0n) is 20.6. The fraction of sp³-hybridized carbons (Fsp3) is 0.250. The third kappa shape index (κ3) is 3.95. The fourth-order valence-corrected chi connectivity index (χ4v) is 5.05. The van der Waals surface area contributed by atoms with Gasteiger partial charge in [0.15, 0.2) is 11.6 Å². The molecule has 2 aliphatic carbocycles. The molecule has 1 saturated carbocycles. The second kappa shape index (κ2) is 8.49. The van der Waals surface area contributed by atoms with E-state index in [0.717, 1.165) is 29.2 Å². The van der Waals surface area contributed by atoms with Crippen LogP contribution in [0.15, 0.2) is 97.1 Å². The van der Waals surface area contributed by atoms with Gasteiger partial charge in [0.2, 0.25) is 0 Å². The monoisotopic (exact) mass is 457 g/mol. The molecule has 1 heterocycles. The second-order valence-electron chi connectivity index (χ2n) is 10.4. The third-order valence-electron chi connectivity index (χ3n) is 7.82. The Kier molecular flexibility index (Phi) is 5.29. The molecule has 4 aromatic rings. The standard InChI is InChI=1S/C32H31N3/c1-4-32(2,3)27-19-17-25(18-20-27)31-34-33-30(35(31)29-12-8-11-26-21-28(26)29)24-15-13-23(14-16-24)22-9-6-5-7-10-22/h5-20,26,28H,4,21H2,1-3H3. The van der Waals surface area contributed by atoms with Gasteiger partial charge in [-0.3, -0.25) is 4.57 Å². The first-order valence-corrected chi connectivity index (χ1v) is 12.7. The number of benzene rings is 3. The molecule has 0 saturated heterocycles. The molecule has 2 aliphatic rings. The van der Waals surface area contributed by atoms with E-state index in [1.165, 1.54) is 28.8 Å². The van der Waals surface area contributed by atoms with Crippen molar-refractivity contribution in [2.75, 3.05) is 0 Å². The number of rotatable bonds is 6. The van der Waals surface area contributed by atoms with Crippen molar-refractivity contribution in [3.05, 3.63) is 103 Å². The van der Waals surface area contributed by atoms with Crippen molar-refractivity contribution in [1.29, 1.82) is 0 Å². The highest BCUT2D eigenvalue weighted by Gasteiger charge is 2.41. The van der Waals surface area contributed by atoms with Crippen LogP contribution in [0.1, 0.15) is 39.2 Å². The van der Waals surface area contributed by atoms with Crippen molar-refractivity contribution in [2.45, 2.75) is 39.0 Å². The van der Waals surface area contributed by atoms with Gasteiger partial charge in [0.25, 0.3) is 0 Å². The summed E-state index contributed by atoms with van der Waals surface area (Å²) in [5, 5.41) is 9.46. The van der Waals surface area contributed by atoms with Crippen LogP contribution in [-0.4, -0.2) is 14.8 Å². The summed E-state index contributed by atoms with van der Waals surface area (Å²) in [5.74, 6) is 3.02. The van der Waals surface area contributed by atoms with Crippen LogP contribution in [0.2, 0.25) is 0 Å². The first-order chi connectivity index (χ1) is 17.0. The summed E-state index contributed by atoms with van der Waals surface area (Å²) in [4.78, 5) is 0. The highest BCUT2D eigenvalue weighted by atomic mass is 15.3. The minimum absolute atomic E-state index is 0.162. The number of nitrogens with zero attached hydrogens (tertiary/aromatic N) is 3. The maximum Gasteiger partial charge on any atom is 0.168 e. The van der Waals surface area contributed by atoms with E-state index in [2.05, 4.69) is 122 Å². The number of hydrogen-bond donors (Lipinski definition) is 0. The van der Waals surface area contributed by atoms with Gasteiger partial charge in [-0.1, -0.05) is 112 Å². The maximum atomic E-state index is 4.73. The molecule has 0 radical (unpaired) electrons. The van der Waals surface area contributed by atoms with Crippen LogP contribution in [0.5, 0.6) is 0 Å². The van der Waals surface area contributed by atoms with Crippen LogP contribution in [0.4, 0.5) is 0 Å². The Morgan fingerprint density at radius 1 is 0.771 bits per heavy atom. The normalized spacial score (nSPS) is 18.8. The van der Waals surface area contributed by atoms with Crippen molar-refractivity contribution < 1.29 is 0 Å². The molecule has 3 aromatic carbocycles. The summed E-state index contributed by atoms with van der Waals surface area (Å²) in [5.41, 5.74) is 7.43. The van der Waals surface area contributed by atoms with E-state index in [-0.39, 0.29) is 5.41 Å². The molecule has 3 heteroatoms. The van der Waals surface area contributed by atoms with E-state index in [1.54, 1.807) is 0 Å². The van der Waals surface area contributed by atoms with Crippen LogP contribution in [-0.2, 0) is 5.41 Å². The molecule has 0 amide bonds. The quantitative estimate of drug-likeness (QED) is 0.293. The Morgan fingerprint density at radius 3 is 1.97 bits per heavy atom. The smallest absolute Gasteiger partial charge is 0.168 e. The minimum Gasteiger partial charge on any atom is -0.279 e. The molecule has 1 aromatic heterocycles. The maximum absolute atomic E-state index is 4.73. The minimum atomic E-state index is 0.162. The molecule has 2 atom stereocenters. The second-order valence-corrected chi connectivity index (χ2v) is 10.4. The molecular weight excluding hydrogens is 426 g/mol. The molecule has 2 unspecified atom stereocenters. The summed E-state index contributed by atoms with van der Waals surface area (Å²) in [6.07, 6.45) is 9.08. The van der Waals surface area contributed by atoms with Crippen LogP contribution in [0, 0.1) is 11.8 Å². The number of fused-ring (bicyclic) bond motifs is 1. The Hall–Kier alpha value is -3.72. The number of hydrogen-bond acceptors (Lipinski definition) is 2. The van der Waals surface area contributed by atoms with Crippen molar-refractivity contribution in [2.24, 2.45) is 11.8 Å². The van der Waals surface area contributed by atoms with Crippen molar-refractivity contribution in [1.82, 2.24) is 14.8 Å². The summed E-state index contributed by atoms with van der Waals surface area (Å²) in [6, 6.07) is 28.1. The lowest BCUT2D eigenvalue weighted by molar-refractivity contribution is 0.506. The zero-order chi connectivity index (χ0) is 24.0. The Labute approximate surface area is 207 Å². The van der Waals surface area contributed by atoms with Gasteiger partial charge in [-0.25, -0.2) is 0 Å². The van der Waals surface area contributed by atoms with E-state index >= 15 is 0 Å². The molecular formula is C32H31N3. The predicted molar refractivity (Wildman–Crippen MR) is 145 cm³/mol. The largest absolute Gasteiger partial charge is 0.279 e. The van der Waals surface area contributed by atoms with Crippen molar-refractivity contribution >= 4 is 5.70 Å². The first-order valence-electron chi connectivity index (χ1n) is 12.7. The molecule has 0 bridgehead atoms. The molecule has 6 rings (SSSR count). The Balaban J connectivity index is 1.43. The van der Waals surface area contributed by atoms with Gasteiger partial charge < -0.3 is 0 Å². The lowest BCUT2D eigenvalue weighted by atomic mass is 9.82. The van der Waals surface area contributed by atoms with Gasteiger partial charge >= 0.3 is 0 Å². The summed E-state index contributed by atoms with van der Waals surface area (Å²) >= 11 is 0. The van der Waals surface area contributed by atoms with Gasteiger partial charge in [0, 0.05) is 22.7 Å². The van der Waals surface area contributed by atoms with Crippen LogP contribution >= 0.6 is 0 Å². The summed E-state index contributed by atoms with van der Waals surface area (Å²) < 4.78 is 2.30. The van der Waals surface area contributed by atoms with Crippen molar-refractivity contribution in [3.8, 4) is 33.9 Å². The van der Waals surface area contributed by atoms with Crippen LogP contribution < -0.4 is 0 Å². The van der Waals surface area contributed by atoms with Gasteiger partial charge in [0.1, 0.15) is 0 Å². The summed E-state index contributed by atoms with van der Waals surface area (Å²) in [7, 11) is 0. The van der Waals surface area contributed by atoms with Gasteiger partial charge in [-0.15, -0.1) is 10.2 Å². The predicted octanol–water partition coefficient (Wildman–Crippen LogP) is 8.01. The highest BCUT2D eigenvalue weighted by molar-refractivity contribution is 5.75. The van der Waals surface area contributed by atoms with Crippen LogP contribution in [0.25, 0.3) is 39.6 Å². The molecule has 0 aliphatic heterocycles. The van der Waals surface area contributed by atoms with E-state index in [1.807, 2.05) is 0 Å². The summed E-state index contributed by atoms with van der Waals surface area (Å²) in [6.45, 7) is 6.84. The van der Waals surface area contributed by atoms with Gasteiger partial charge in [-0.2, -0.15) is 0 Å².